The Kier molecular flexibility index (Phi) is 6.02. The number of rotatable bonds is 6. The van der Waals surface area contributed by atoms with Crippen molar-refractivity contribution >= 4 is 11.8 Å². The zero-order chi connectivity index (χ0) is 16.8. The SMILES string of the molecule is COc1ccc(C(=O)N[C@@H]2CCC[C@@H]2C(=O)NCC(C)C)cc1. The number of amides is 2. The van der Waals surface area contributed by atoms with Gasteiger partial charge in [-0.3, -0.25) is 9.59 Å². The molecule has 0 unspecified atom stereocenters. The number of nitrogens with one attached hydrogen (secondary N) is 2. The fourth-order valence-electron chi connectivity index (χ4n) is 2.88. The normalized spacial score (nSPS) is 20.3. The lowest BCUT2D eigenvalue weighted by atomic mass is 10.0. The maximum Gasteiger partial charge on any atom is 0.251 e. The molecule has 126 valence electrons. The van der Waals surface area contributed by atoms with Crippen LogP contribution in [0.15, 0.2) is 24.3 Å². The molecule has 5 heteroatoms. The van der Waals surface area contributed by atoms with Crippen LogP contribution in [0.1, 0.15) is 43.5 Å². The first-order valence-corrected chi connectivity index (χ1v) is 8.24. The van der Waals surface area contributed by atoms with Gasteiger partial charge < -0.3 is 15.4 Å². The van der Waals surface area contributed by atoms with Crippen molar-refractivity contribution < 1.29 is 14.3 Å². The molecule has 2 rings (SSSR count). The van der Waals surface area contributed by atoms with E-state index in [1.165, 1.54) is 0 Å². The van der Waals surface area contributed by atoms with Gasteiger partial charge in [0, 0.05) is 18.2 Å². The highest BCUT2D eigenvalue weighted by Gasteiger charge is 2.34. The number of hydrogen-bond donors (Lipinski definition) is 2. The first-order chi connectivity index (χ1) is 11.0. The molecule has 1 aromatic rings. The molecule has 23 heavy (non-hydrogen) atoms. The monoisotopic (exact) mass is 318 g/mol. The summed E-state index contributed by atoms with van der Waals surface area (Å²) in [6, 6.07) is 6.90. The molecule has 1 aromatic carbocycles. The lowest BCUT2D eigenvalue weighted by Crippen LogP contribution is -2.44. The standard InChI is InChI=1S/C18H26N2O3/c1-12(2)11-19-18(22)15-5-4-6-16(15)20-17(21)13-7-9-14(23-3)10-8-13/h7-10,12,15-16H,4-6,11H2,1-3H3,(H,19,22)(H,20,21)/t15-,16+/m0/s1. The highest BCUT2D eigenvalue weighted by atomic mass is 16.5. The number of carbonyl (C=O) groups excluding carboxylic acids is 2. The Morgan fingerprint density at radius 3 is 2.52 bits per heavy atom. The van der Waals surface area contributed by atoms with Gasteiger partial charge in [-0.05, 0) is 43.0 Å². The summed E-state index contributed by atoms with van der Waals surface area (Å²) in [6.07, 6.45) is 2.65. The third kappa shape index (κ3) is 4.71. The molecule has 2 atom stereocenters. The third-order valence-electron chi connectivity index (χ3n) is 4.21. The van der Waals surface area contributed by atoms with Gasteiger partial charge in [-0.2, -0.15) is 0 Å². The van der Waals surface area contributed by atoms with E-state index >= 15 is 0 Å². The smallest absolute Gasteiger partial charge is 0.251 e. The number of methoxy groups -OCH3 is 1. The van der Waals surface area contributed by atoms with Crippen molar-refractivity contribution in [1.82, 2.24) is 10.6 Å². The van der Waals surface area contributed by atoms with Crippen LogP contribution in [0.3, 0.4) is 0 Å². The third-order valence-corrected chi connectivity index (χ3v) is 4.21. The largest absolute Gasteiger partial charge is 0.497 e. The van der Waals surface area contributed by atoms with E-state index in [1.54, 1.807) is 31.4 Å². The Balaban J connectivity index is 1.94. The van der Waals surface area contributed by atoms with Gasteiger partial charge in [-0.1, -0.05) is 20.3 Å². The van der Waals surface area contributed by atoms with E-state index in [0.717, 1.165) is 19.3 Å². The van der Waals surface area contributed by atoms with Crippen molar-refractivity contribution in [2.45, 2.75) is 39.2 Å². The van der Waals surface area contributed by atoms with Crippen LogP contribution in [0.25, 0.3) is 0 Å². The molecule has 1 fully saturated rings. The minimum atomic E-state index is -0.138. The van der Waals surface area contributed by atoms with Gasteiger partial charge in [0.2, 0.25) is 5.91 Å². The lowest BCUT2D eigenvalue weighted by molar-refractivity contribution is -0.125. The Morgan fingerprint density at radius 1 is 1.22 bits per heavy atom. The van der Waals surface area contributed by atoms with Crippen molar-refractivity contribution in [3.05, 3.63) is 29.8 Å². The van der Waals surface area contributed by atoms with Gasteiger partial charge >= 0.3 is 0 Å². The van der Waals surface area contributed by atoms with Gasteiger partial charge in [-0.15, -0.1) is 0 Å². The average molecular weight is 318 g/mol. The maximum absolute atomic E-state index is 12.4. The summed E-state index contributed by atoms with van der Waals surface area (Å²) in [6.45, 7) is 4.81. The molecule has 0 saturated heterocycles. The minimum absolute atomic E-state index is 0.0521. The molecular weight excluding hydrogens is 292 g/mol. The first kappa shape index (κ1) is 17.3. The highest BCUT2D eigenvalue weighted by Crippen LogP contribution is 2.26. The topological polar surface area (TPSA) is 67.4 Å². The summed E-state index contributed by atoms with van der Waals surface area (Å²) in [7, 11) is 1.59. The Morgan fingerprint density at radius 2 is 1.91 bits per heavy atom. The van der Waals surface area contributed by atoms with Gasteiger partial charge in [0.25, 0.3) is 5.91 Å². The maximum atomic E-state index is 12.4. The molecule has 0 aromatic heterocycles. The summed E-state index contributed by atoms with van der Waals surface area (Å²) in [5, 5.41) is 5.99. The van der Waals surface area contributed by atoms with Crippen molar-refractivity contribution in [2.75, 3.05) is 13.7 Å². The van der Waals surface area contributed by atoms with E-state index in [1.807, 2.05) is 0 Å². The van der Waals surface area contributed by atoms with Crippen LogP contribution in [0.5, 0.6) is 5.75 Å². The second kappa shape index (κ2) is 7.99. The number of hydrogen-bond acceptors (Lipinski definition) is 3. The van der Waals surface area contributed by atoms with Gasteiger partial charge in [0.05, 0.1) is 13.0 Å². The Hall–Kier alpha value is -2.04. The van der Waals surface area contributed by atoms with Gasteiger partial charge in [0.15, 0.2) is 0 Å². The molecule has 1 aliphatic carbocycles. The second-order valence-corrected chi connectivity index (χ2v) is 6.48. The van der Waals surface area contributed by atoms with Crippen molar-refractivity contribution in [3.8, 4) is 5.75 Å². The zero-order valence-corrected chi connectivity index (χ0v) is 14.1. The van der Waals surface area contributed by atoms with Crippen LogP contribution in [0, 0.1) is 11.8 Å². The molecule has 5 nitrogen and oxygen atoms in total. The van der Waals surface area contributed by atoms with E-state index in [0.29, 0.717) is 23.8 Å². The number of carbonyl (C=O) groups is 2. The van der Waals surface area contributed by atoms with Crippen LogP contribution in [-0.4, -0.2) is 31.5 Å². The molecule has 0 bridgehead atoms. The number of benzene rings is 1. The molecule has 0 radical (unpaired) electrons. The Bertz CT molecular complexity index is 540. The quantitative estimate of drug-likeness (QED) is 0.846. The van der Waals surface area contributed by atoms with Crippen LogP contribution in [-0.2, 0) is 4.79 Å². The summed E-state index contributed by atoms with van der Waals surface area (Å²) >= 11 is 0. The van der Waals surface area contributed by atoms with Crippen LogP contribution < -0.4 is 15.4 Å². The number of ether oxygens (including phenoxy) is 1. The molecule has 0 spiro atoms. The van der Waals surface area contributed by atoms with E-state index in [2.05, 4.69) is 24.5 Å². The van der Waals surface area contributed by atoms with Crippen LogP contribution >= 0.6 is 0 Å². The molecular formula is C18H26N2O3. The van der Waals surface area contributed by atoms with Crippen molar-refractivity contribution in [3.63, 3.8) is 0 Å². The van der Waals surface area contributed by atoms with Crippen molar-refractivity contribution in [2.24, 2.45) is 11.8 Å². The van der Waals surface area contributed by atoms with Crippen LogP contribution in [0.4, 0.5) is 0 Å². The summed E-state index contributed by atoms with van der Waals surface area (Å²) in [4.78, 5) is 24.6. The zero-order valence-electron chi connectivity index (χ0n) is 14.1. The van der Waals surface area contributed by atoms with Gasteiger partial charge in [0.1, 0.15) is 5.75 Å². The van der Waals surface area contributed by atoms with E-state index in [4.69, 9.17) is 4.74 Å². The first-order valence-electron chi connectivity index (χ1n) is 8.24. The predicted molar refractivity (Wildman–Crippen MR) is 89.4 cm³/mol. The van der Waals surface area contributed by atoms with Crippen LogP contribution in [0.2, 0.25) is 0 Å². The molecule has 0 heterocycles. The minimum Gasteiger partial charge on any atom is -0.497 e. The van der Waals surface area contributed by atoms with Gasteiger partial charge in [-0.25, -0.2) is 0 Å². The molecule has 2 amide bonds. The average Bonchev–Trinajstić information content (AvgIpc) is 3.00. The Labute approximate surface area is 137 Å². The summed E-state index contributed by atoms with van der Waals surface area (Å²) in [5.41, 5.74) is 0.582. The predicted octanol–water partition coefficient (Wildman–Crippen LogP) is 2.37. The highest BCUT2D eigenvalue weighted by molar-refractivity contribution is 5.95. The summed E-state index contributed by atoms with van der Waals surface area (Å²) in [5.74, 6) is 0.925. The molecule has 2 N–H and O–H groups in total. The molecule has 1 saturated carbocycles. The molecule has 1 aliphatic rings. The van der Waals surface area contributed by atoms with E-state index in [-0.39, 0.29) is 23.8 Å². The second-order valence-electron chi connectivity index (χ2n) is 6.48. The lowest BCUT2D eigenvalue weighted by Gasteiger charge is -2.21. The van der Waals surface area contributed by atoms with E-state index < -0.39 is 0 Å². The fourth-order valence-corrected chi connectivity index (χ4v) is 2.88. The molecule has 0 aliphatic heterocycles. The fraction of sp³-hybridized carbons (Fsp3) is 0.556. The van der Waals surface area contributed by atoms with Crippen molar-refractivity contribution in [1.29, 1.82) is 0 Å². The summed E-state index contributed by atoms with van der Waals surface area (Å²) < 4.78 is 5.09. The van der Waals surface area contributed by atoms with E-state index in [9.17, 15) is 9.59 Å².